The van der Waals surface area contributed by atoms with E-state index in [-0.39, 0.29) is 21.1 Å². The van der Waals surface area contributed by atoms with E-state index in [2.05, 4.69) is 132 Å². The number of hydrogen-bond donors (Lipinski definition) is 0. The van der Waals surface area contributed by atoms with Crippen molar-refractivity contribution in [3.05, 3.63) is 131 Å². The zero-order valence-electron chi connectivity index (χ0n) is 29.9. The van der Waals surface area contributed by atoms with Crippen molar-refractivity contribution in [2.45, 2.75) is 73.6 Å². The molecule has 6 heteroatoms. The number of rotatable bonds is 10. The van der Waals surface area contributed by atoms with Gasteiger partial charge in [0.15, 0.2) is 0 Å². The average molecular weight is 840 g/mol. The van der Waals surface area contributed by atoms with Crippen LogP contribution < -0.4 is 4.74 Å². The van der Waals surface area contributed by atoms with E-state index >= 15 is 0 Å². The van der Waals surface area contributed by atoms with Crippen molar-refractivity contribution in [3.8, 4) is 34.1 Å². The summed E-state index contributed by atoms with van der Waals surface area (Å²) in [5, 5.41) is 7.32. The summed E-state index contributed by atoms with van der Waals surface area (Å²) in [5.74, 6) is 3.21. The first-order valence-electron chi connectivity index (χ1n) is 17.5. The number of fused-ring (bicyclic) bond motifs is 3. The van der Waals surface area contributed by atoms with Gasteiger partial charge in [0, 0.05) is 34.5 Å². The fourth-order valence-electron chi connectivity index (χ4n) is 6.80. The molecule has 0 N–H and O–H groups in total. The maximum absolute atomic E-state index is 6.66. The Kier molecular flexibility index (Phi) is 10.5. The summed E-state index contributed by atoms with van der Waals surface area (Å²) in [7, 11) is 0. The Labute approximate surface area is 310 Å². The predicted octanol–water partition coefficient (Wildman–Crippen LogP) is 11.4. The Morgan fingerprint density at radius 3 is 2.36 bits per heavy atom. The van der Waals surface area contributed by atoms with Gasteiger partial charge in [0.2, 0.25) is 0 Å². The van der Waals surface area contributed by atoms with Gasteiger partial charge >= 0.3 is 21.1 Å². The van der Waals surface area contributed by atoms with Crippen LogP contribution in [0.4, 0.5) is 0 Å². The molecule has 50 heavy (non-hydrogen) atoms. The summed E-state index contributed by atoms with van der Waals surface area (Å²) < 4.78 is 10.9. The van der Waals surface area contributed by atoms with Gasteiger partial charge in [-0.15, -0.1) is 35.7 Å². The second kappa shape index (κ2) is 14.8. The molecule has 0 aliphatic carbocycles. The standard InChI is InChI=1S/C44H44N4O.Pt/c1-8-30(5)35-16-19-41-40(25-35)39-18-17-37(27-42(39)47(41)43-22-29(4)20-21-45-43)49-38-24-33(15-14-28(2)3)23-36(26-38)48-32(7)44(31(6)46-48)34-12-10-9-11-13-34;/h9-13,16-25,28,30H,8,14-15H2,1-7H3;/q-2;+2. The predicted molar refractivity (Wildman–Crippen MR) is 201 cm³/mol. The van der Waals surface area contributed by atoms with E-state index in [0.29, 0.717) is 23.3 Å². The Bertz CT molecular complexity index is 2280. The third kappa shape index (κ3) is 6.94. The molecule has 0 fully saturated rings. The summed E-state index contributed by atoms with van der Waals surface area (Å²) in [6.07, 6.45) is 4.98. The minimum absolute atomic E-state index is 0. The van der Waals surface area contributed by atoms with Crippen LogP contribution in [0.5, 0.6) is 11.5 Å². The second-order valence-corrected chi connectivity index (χ2v) is 13.8. The largest absolute Gasteiger partial charge is 2.00 e. The monoisotopic (exact) mass is 839 g/mol. The van der Waals surface area contributed by atoms with Crippen LogP contribution in [0.3, 0.4) is 0 Å². The van der Waals surface area contributed by atoms with E-state index in [1.54, 1.807) is 0 Å². The Balaban J connectivity index is 0.00000432. The third-order valence-electron chi connectivity index (χ3n) is 9.69. The second-order valence-electron chi connectivity index (χ2n) is 13.8. The molecule has 256 valence electrons. The van der Waals surface area contributed by atoms with Gasteiger partial charge in [0.1, 0.15) is 5.82 Å². The zero-order chi connectivity index (χ0) is 34.2. The Morgan fingerprint density at radius 2 is 1.62 bits per heavy atom. The van der Waals surface area contributed by atoms with E-state index in [9.17, 15) is 0 Å². The van der Waals surface area contributed by atoms with Gasteiger partial charge in [-0.1, -0.05) is 82.1 Å². The summed E-state index contributed by atoms with van der Waals surface area (Å²) in [6.45, 7) is 15.4. The molecule has 3 heterocycles. The summed E-state index contributed by atoms with van der Waals surface area (Å²) in [4.78, 5) is 4.79. The van der Waals surface area contributed by atoms with E-state index in [1.165, 1.54) is 16.5 Å². The van der Waals surface area contributed by atoms with E-state index < -0.39 is 0 Å². The van der Waals surface area contributed by atoms with Crippen LogP contribution in [0, 0.1) is 38.8 Å². The molecule has 3 aromatic heterocycles. The number of benzene rings is 4. The molecule has 7 aromatic rings. The quantitative estimate of drug-likeness (QED) is 0.129. The van der Waals surface area contributed by atoms with Crippen molar-refractivity contribution in [1.82, 2.24) is 19.3 Å². The fourth-order valence-corrected chi connectivity index (χ4v) is 6.80. The SMILES string of the molecule is CCC(C)c1ccc2c(c1)c1ccc(Oc3[c-]c(-n4nc(C)c(-c5ccccc5)c4C)cc(CCC(C)C)c3)[c-]c1n2-c1cc(C)ccn1.[Pt+2]. The molecular weight excluding hydrogens is 796 g/mol. The minimum atomic E-state index is 0. The minimum Gasteiger partial charge on any atom is -0.509 e. The van der Waals surface area contributed by atoms with Crippen molar-refractivity contribution in [2.75, 3.05) is 0 Å². The maximum atomic E-state index is 6.66. The van der Waals surface area contributed by atoms with Crippen LogP contribution in [-0.2, 0) is 27.5 Å². The molecule has 0 radical (unpaired) electrons. The number of pyridine rings is 1. The topological polar surface area (TPSA) is 44.9 Å². The average Bonchev–Trinajstić information content (AvgIpc) is 3.59. The molecule has 0 spiro atoms. The Morgan fingerprint density at radius 1 is 0.820 bits per heavy atom. The number of ether oxygens (including phenoxy) is 1. The van der Waals surface area contributed by atoms with Crippen molar-refractivity contribution in [3.63, 3.8) is 0 Å². The van der Waals surface area contributed by atoms with Gasteiger partial charge in [0.25, 0.3) is 0 Å². The van der Waals surface area contributed by atoms with Gasteiger partial charge < -0.3 is 9.30 Å². The normalized spacial score (nSPS) is 12.1. The van der Waals surface area contributed by atoms with Gasteiger partial charge in [-0.05, 0) is 91.4 Å². The van der Waals surface area contributed by atoms with E-state index in [0.717, 1.165) is 75.3 Å². The first kappa shape index (κ1) is 35.4. The molecule has 7 rings (SSSR count). The zero-order valence-corrected chi connectivity index (χ0v) is 32.2. The van der Waals surface area contributed by atoms with Crippen LogP contribution in [0.1, 0.15) is 74.5 Å². The molecule has 0 saturated carbocycles. The molecule has 0 saturated heterocycles. The molecular formula is C44H44N4OPt. The van der Waals surface area contributed by atoms with Gasteiger partial charge in [0.05, 0.1) is 5.69 Å². The molecule has 1 unspecified atom stereocenters. The van der Waals surface area contributed by atoms with Crippen LogP contribution in [0.25, 0.3) is 44.4 Å². The third-order valence-corrected chi connectivity index (χ3v) is 9.69. The van der Waals surface area contributed by atoms with Crippen LogP contribution in [-0.4, -0.2) is 19.3 Å². The molecule has 0 amide bonds. The Hall–Kier alpha value is -4.47. The van der Waals surface area contributed by atoms with E-state index in [4.69, 9.17) is 14.8 Å². The fraction of sp³-hybridized carbons (Fsp3) is 0.273. The molecule has 0 aliphatic rings. The van der Waals surface area contributed by atoms with Crippen LogP contribution in [0.2, 0.25) is 0 Å². The summed E-state index contributed by atoms with van der Waals surface area (Å²) in [6, 6.07) is 37.1. The van der Waals surface area contributed by atoms with Crippen LogP contribution in [0.15, 0.2) is 91.1 Å². The maximum Gasteiger partial charge on any atom is 2.00 e. The first-order valence-corrected chi connectivity index (χ1v) is 17.5. The molecule has 0 aliphatic heterocycles. The van der Waals surface area contributed by atoms with Crippen molar-refractivity contribution in [2.24, 2.45) is 5.92 Å². The summed E-state index contributed by atoms with van der Waals surface area (Å²) in [5.41, 5.74) is 11.0. The molecule has 1 atom stereocenters. The van der Waals surface area contributed by atoms with E-state index in [1.807, 2.05) is 29.1 Å². The van der Waals surface area contributed by atoms with Gasteiger partial charge in [-0.3, -0.25) is 4.68 Å². The number of hydrogen-bond acceptors (Lipinski definition) is 3. The van der Waals surface area contributed by atoms with Crippen molar-refractivity contribution in [1.29, 1.82) is 0 Å². The van der Waals surface area contributed by atoms with Crippen molar-refractivity contribution < 1.29 is 25.8 Å². The molecule has 5 nitrogen and oxygen atoms in total. The van der Waals surface area contributed by atoms with Crippen LogP contribution >= 0.6 is 0 Å². The number of aryl methyl sites for hydroxylation is 3. The van der Waals surface area contributed by atoms with Gasteiger partial charge in [-0.2, -0.15) is 16.7 Å². The van der Waals surface area contributed by atoms with Gasteiger partial charge in [-0.25, -0.2) is 4.98 Å². The molecule has 0 bridgehead atoms. The van der Waals surface area contributed by atoms with Crippen molar-refractivity contribution >= 4 is 21.8 Å². The summed E-state index contributed by atoms with van der Waals surface area (Å²) >= 11 is 0. The first-order chi connectivity index (χ1) is 23.7. The smallest absolute Gasteiger partial charge is 0.509 e. The molecule has 4 aromatic carbocycles. The number of nitrogens with zero attached hydrogens (tertiary/aromatic N) is 4. The number of aromatic nitrogens is 4.